The zero-order valence-corrected chi connectivity index (χ0v) is 12.5. The van der Waals surface area contributed by atoms with Crippen molar-refractivity contribution in [2.45, 2.75) is 32.1 Å². The molecule has 3 unspecified atom stereocenters. The summed E-state index contributed by atoms with van der Waals surface area (Å²) in [5.74, 6) is 2.25. The van der Waals surface area contributed by atoms with Gasteiger partial charge in [0.1, 0.15) is 0 Å². The quantitative estimate of drug-likeness (QED) is 0.911. The summed E-state index contributed by atoms with van der Waals surface area (Å²) in [7, 11) is 2.07. The first kappa shape index (κ1) is 13.6. The number of pyridine rings is 1. The van der Waals surface area contributed by atoms with E-state index in [4.69, 9.17) is 0 Å². The Morgan fingerprint density at radius 1 is 1.20 bits per heavy atom. The largest absolute Gasteiger partial charge is 0.319 e. The van der Waals surface area contributed by atoms with Gasteiger partial charge in [0.15, 0.2) is 0 Å². The standard InChI is InChI=1S/C18H24N2/c1-13-8-9-14(12-19-2)17(11-13)15-5-3-7-18-16(15)6-4-10-20-18/h3-7,10,13-14,17,19H,8-9,11-12H2,1-2H3. The summed E-state index contributed by atoms with van der Waals surface area (Å²) in [5, 5.41) is 4.73. The molecule has 0 aliphatic heterocycles. The SMILES string of the molecule is CNCC1CCC(C)CC1c1cccc2ncccc12. The van der Waals surface area contributed by atoms with E-state index in [1.54, 1.807) is 0 Å². The van der Waals surface area contributed by atoms with Crippen molar-refractivity contribution in [2.75, 3.05) is 13.6 Å². The van der Waals surface area contributed by atoms with E-state index in [0.29, 0.717) is 5.92 Å². The molecule has 1 aromatic carbocycles. The monoisotopic (exact) mass is 268 g/mol. The number of nitrogens with one attached hydrogen (secondary N) is 1. The van der Waals surface area contributed by atoms with E-state index in [1.165, 1.54) is 30.2 Å². The Kier molecular flexibility index (Phi) is 4.02. The Morgan fingerprint density at radius 3 is 2.95 bits per heavy atom. The lowest BCUT2D eigenvalue weighted by molar-refractivity contribution is 0.246. The molecule has 106 valence electrons. The maximum absolute atomic E-state index is 4.51. The topological polar surface area (TPSA) is 24.9 Å². The van der Waals surface area contributed by atoms with Gasteiger partial charge in [-0.05, 0) is 61.9 Å². The van der Waals surface area contributed by atoms with E-state index in [1.807, 2.05) is 6.20 Å². The highest BCUT2D eigenvalue weighted by molar-refractivity contribution is 5.82. The summed E-state index contributed by atoms with van der Waals surface area (Å²) in [6.45, 7) is 3.51. The average Bonchev–Trinajstić information content (AvgIpc) is 2.49. The van der Waals surface area contributed by atoms with Gasteiger partial charge in [0.2, 0.25) is 0 Å². The lowest BCUT2D eigenvalue weighted by atomic mass is 9.71. The van der Waals surface area contributed by atoms with Crippen LogP contribution in [-0.4, -0.2) is 18.6 Å². The van der Waals surface area contributed by atoms with Gasteiger partial charge in [-0.3, -0.25) is 4.98 Å². The number of hydrogen-bond acceptors (Lipinski definition) is 2. The van der Waals surface area contributed by atoms with Crippen molar-refractivity contribution >= 4 is 10.9 Å². The third-order valence-electron chi connectivity index (χ3n) is 4.80. The fraction of sp³-hybridized carbons (Fsp3) is 0.500. The van der Waals surface area contributed by atoms with Crippen LogP contribution in [0.4, 0.5) is 0 Å². The summed E-state index contributed by atoms with van der Waals surface area (Å²) >= 11 is 0. The number of aromatic nitrogens is 1. The molecule has 3 rings (SSSR count). The molecule has 1 heterocycles. The highest BCUT2D eigenvalue weighted by Crippen LogP contribution is 2.42. The van der Waals surface area contributed by atoms with Crippen LogP contribution in [0.5, 0.6) is 0 Å². The van der Waals surface area contributed by atoms with E-state index < -0.39 is 0 Å². The van der Waals surface area contributed by atoms with Crippen LogP contribution in [0.1, 0.15) is 37.7 Å². The molecule has 1 N–H and O–H groups in total. The van der Waals surface area contributed by atoms with Crippen LogP contribution < -0.4 is 5.32 Å². The molecular formula is C18H24N2. The minimum absolute atomic E-state index is 0.666. The van der Waals surface area contributed by atoms with Crippen molar-refractivity contribution in [1.29, 1.82) is 0 Å². The number of nitrogens with zero attached hydrogens (tertiary/aromatic N) is 1. The average molecular weight is 268 g/mol. The first-order valence-electron chi connectivity index (χ1n) is 7.78. The predicted octanol–water partition coefficient (Wildman–Crippen LogP) is 3.97. The molecule has 3 atom stereocenters. The van der Waals surface area contributed by atoms with Crippen LogP contribution in [0.3, 0.4) is 0 Å². The molecule has 2 aromatic rings. The molecule has 0 radical (unpaired) electrons. The van der Waals surface area contributed by atoms with Crippen molar-refractivity contribution in [3.8, 4) is 0 Å². The molecule has 1 saturated carbocycles. The van der Waals surface area contributed by atoms with Crippen molar-refractivity contribution in [3.05, 3.63) is 42.1 Å². The second-order valence-corrected chi connectivity index (χ2v) is 6.26. The second kappa shape index (κ2) is 5.92. The van der Waals surface area contributed by atoms with Gasteiger partial charge in [-0.25, -0.2) is 0 Å². The predicted molar refractivity (Wildman–Crippen MR) is 84.9 cm³/mol. The van der Waals surface area contributed by atoms with Gasteiger partial charge < -0.3 is 5.32 Å². The summed E-state index contributed by atoms with van der Waals surface area (Å²) in [6, 6.07) is 10.9. The summed E-state index contributed by atoms with van der Waals surface area (Å²) < 4.78 is 0. The Hall–Kier alpha value is -1.41. The second-order valence-electron chi connectivity index (χ2n) is 6.26. The molecule has 0 bridgehead atoms. The van der Waals surface area contributed by atoms with Crippen LogP contribution in [-0.2, 0) is 0 Å². The highest BCUT2D eigenvalue weighted by Gasteiger charge is 2.30. The summed E-state index contributed by atoms with van der Waals surface area (Å²) in [5.41, 5.74) is 2.63. The molecule has 20 heavy (non-hydrogen) atoms. The zero-order chi connectivity index (χ0) is 13.9. The Bertz CT molecular complexity index is 573. The minimum atomic E-state index is 0.666. The van der Waals surface area contributed by atoms with Gasteiger partial charge in [-0.15, -0.1) is 0 Å². The van der Waals surface area contributed by atoms with E-state index in [2.05, 4.69) is 54.6 Å². The number of fused-ring (bicyclic) bond motifs is 1. The maximum atomic E-state index is 4.51. The number of benzene rings is 1. The van der Waals surface area contributed by atoms with E-state index in [-0.39, 0.29) is 0 Å². The van der Waals surface area contributed by atoms with Gasteiger partial charge in [0.05, 0.1) is 5.52 Å². The normalized spacial score (nSPS) is 26.8. The van der Waals surface area contributed by atoms with Gasteiger partial charge in [-0.1, -0.05) is 31.5 Å². The molecule has 1 aliphatic carbocycles. The highest BCUT2D eigenvalue weighted by atomic mass is 14.8. The fourth-order valence-electron chi connectivity index (χ4n) is 3.78. The molecule has 1 fully saturated rings. The minimum Gasteiger partial charge on any atom is -0.319 e. The number of rotatable bonds is 3. The lowest BCUT2D eigenvalue weighted by Gasteiger charge is -2.35. The molecule has 1 aromatic heterocycles. The maximum Gasteiger partial charge on any atom is 0.0704 e. The lowest BCUT2D eigenvalue weighted by Crippen LogP contribution is -2.30. The van der Waals surface area contributed by atoms with Crippen LogP contribution >= 0.6 is 0 Å². The Labute approximate surface area is 121 Å². The summed E-state index contributed by atoms with van der Waals surface area (Å²) in [6.07, 6.45) is 5.90. The Balaban J connectivity index is 2.02. The van der Waals surface area contributed by atoms with Crippen LogP contribution in [0, 0.1) is 11.8 Å². The van der Waals surface area contributed by atoms with Gasteiger partial charge in [0, 0.05) is 11.6 Å². The smallest absolute Gasteiger partial charge is 0.0704 e. The summed E-state index contributed by atoms with van der Waals surface area (Å²) in [4.78, 5) is 4.51. The number of hydrogen-bond donors (Lipinski definition) is 1. The molecule has 1 aliphatic rings. The molecular weight excluding hydrogens is 244 g/mol. The van der Waals surface area contributed by atoms with Crippen molar-refractivity contribution < 1.29 is 0 Å². The van der Waals surface area contributed by atoms with Crippen LogP contribution in [0.15, 0.2) is 36.5 Å². The van der Waals surface area contributed by atoms with Gasteiger partial charge in [0.25, 0.3) is 0 Å². The molecule has 2 nitrogen and oxygen atoms in total. The Morgan fingerprint density at radius 2 is 2.10 bits per heavy atom. The van der Waals surface area contributed by atoms with Crippen molar-refractivity contribution in [1.82, 2.24) is 10.3 Å². The molecule has 0 spiro atoms. The molecule has 0 saturated heterocycles. The fourth-order valence-corrected chi connectivity index (χ4v) is 3.78. The zero-order valence-electron chi connectivity index (χ0n) is 12.5. The first-order valence-corrected chi connectivity index (χ1v) is 7.78. The van der Waals surface area contributed by atoms with Gasteiger partial charge in [-0.2, -0.15) is 0 Å². The van der Waals surface area contributed by atoms with Crippen LogP contribution in [0.25, 0.3) is 10.9 Å². The first-order chi connectivity index (χ1) is 9.79. The van der Waals surface area contributed by atoms with E-state index in [9.17, 15) is 0 Å². The van der Waals surface area contributed by atoms with E-state index in [0.717, 1.165) is 23.9 Å². The molecule has 0 amide bonds. The third kappa shape index (κ3) is 2.57. The van der Waals surface area contributed by atoms with Crippen LogP contribution in [0.2, 0.25) is 0 Å². The van der Waals surface area contributed by atoms with Crippen molar-refractivity contribution in [3.63, 3.8) is 0 Å². The van der Waals surface area contributed by atoms with Crippen molar-refractivity contribution in [2.24, 2.45) is 11.8 Å². The molecule has 2 heteroatoms. The van der Waals surface area contributed by atoms with E-state index >= 15 is 0 Å². The van der Waals surface area contributed by atoms with Gasteiger partial charge >= 0.3 is 0 Å². The third-order valence-corrected chi connectivity index (χ3v) is 4.80.